The Bertz CT molecular complexity index is 946. The number of hydrogen-bond acceptors (Lipinski definition) is 4. The van der Waals surface area contributed by atoms with Gasteiger partial charge in [0.2, 0.25) is 5.76 Å². The molecule has 0 unspecified atom stereocenters. The topological polar surface area (TPSA) is 68.5 Å². The van der Waals surface area contributed by atoms with Crippen LogP contribution in [0, 0.1) is 6.92 Å². The predicted molar refractivity (Wildman–Crippen MR) is 99.1 cm³/mol. The summed E-state index contributed by atoms with van der Waals surface area (Å²) in [5.74, 6) is -1.05. The van der Waals surface area contributed by atoms with Gasteiger partial charge in [0.05, 0.1) is 0 Å². The molecule has 1 heterocycles. The largest absolute Gasteiger partial charge is 0.449 e. The monoisotopic (exact) mass is 371 g/mol. The van der Waals surface area contributed by atoms with Gasteiger partial charge in [-0.2, -0.15) is 0 Å². The molecule has 1 amide bonds. The molecule has 3 aromatic rings. The maximum atomic E-state index is 12.2. The van der Waals surface area contributed by atoms with E-state index in [-0.39, 0.29) is 11.7 Å². The first-order chi connectivity index (χ1) is 12.4. The lowest BCUT2D eigenvalue weighted by Gasteiger charge is -2.12. The minimum atomic E-state index is -0.940. The molecule has 0 aliphatic heterocycles. The number of fused-ring (bicyclic) bond motifs is 1. The number of aryl methyl sites for hydroxylation is 1. The number of furan rings is 1. The van der Waals surface area contributed by atoms with Gasteiger partial charge in [0, 0.05) is 17.0 Å². The third-order valence-corrected chi connectivity index (χ3v) is 4.16. The number of rotatable bonds is 5. The first-order valence-electron chi connectivity index (χ1n) is 8.16. The highest BCUT2D eigenvalue weighted by Crippen LogP contribution is 2.23. The summed E-state index contributed by atoms with van der Waals surface area (Å²) < 4.78 is 10.6. The van der Waals surface area contributed by atoms with Crippen molar-refractivity contribution in [3.8, 4) is 0 Å². The highest BCUT2D eigenvalue weighted by atomic mass is 35.5. The Balaban J connectivity index is 1.58. The van der Waals surface area contributed by atoms with E-state index in [0.29, 0.717) is 22.5 Å². The van der Waals surface area contributed by atoms with E-state index in [9.17, 15) is 9.59 Å². The number of benzene rings is 2. The molecule has 2 aromatic carbocycles. The fourth-order valence-electron chi connectivity index (χ4n) is 2.43. The summed E-state index contributed by atoms with van der Waals surface area (Å²) in [5.41, 5.74) is 2.64. The third kappa shape index (κ3) is 4.24. The normalized spacial score (nSPS) is 12.0. The highest BCUT2D eigenvalue weighted by Gasteiger charge is 2.21. The van der Waals surface area contributed by atoms with Crippen LogP contribution >= 0.6 is 11.6 Å². The summed E-state index contributed by atoms with van der Waals surface area (Å²) in [5, 5.41) is 3.98. The van der Waals surface area contributed by atoms with Gasteiger partial charge in [-0.15, -0.1) is 0 Å². The molecule has 26 heavy (non-hydrogen) atoms. The summed E-state index contributed by atoms with van der Waals surface area (Å²) in [6, 6.07) is 14.4. The lowest BCUT2D eigenvalue weighted by molar-refractivity contribution is -0.129. The minimum Gasteiger partial charge on any atom is -0.449 e. The number of carbonyl (C=O) groups excluding carboxylic acids is 2. The number of amides is 1. The predicted octanol–water partition coefficient (Wildman–Crippen LogP) is 4.26. The van der Waals surface area contributed by atoms with Gasteiger partial charge >= 0.3 is 5.97 Å². The Morgan fingerprint density at radius 1 is 1.15 bits per heavy atom. The quantitative estimate of drug-likeness (QED) is 0.680. The lowest BCUT2D eigenvalue weighted by atomic mass is 10.1. The van der Waals surface area contributed by atoms with E-state index in [0.717, 1.165) is 11.1 Å². The van der Waals surface area contributed by atoms with Gasteiger partial charge in [-0.05, 0) is 43.7 Å². The van der Waals surface area contributed by atoms with Crippen LogP contribution in [0.2, 0.25) is 5.02 Å². The van der Waals surface area contributed by atoms with Gasteiger partial charge in [-0.25, -0.2) is 4.79 Å². The van der Waals surface area contributed by atoms with Crippen LogP contribution in [0.15, 0.2) is 52.9 Å². The van der Waals surface area contributed by atoms with Crippen LogP contribution in [-0.2, 0) is 16.1 Å². The van der Waals surface area contributed by atoms with Crippen molar-refractivity contribution in [1.29, 1.82) is 0 Å². The fourth-order valence-corrected chi connectivity index (χ4v) is 2.61. The standard InChI is InChI=1S/C20H18ClNO4/c1-12-3-5-14(6-4-12)11-22-19(23)13(2)25-20(24)18-10-15-9-16(21)7-8-17(15)26-18/h3-10,13H,11H2,1-2H3,(H,22,23)/t13-/m1/s1. The summed E-state index contributed by atoms with van der Waals surface area (Å²) in [6.45, 7) is 3.88. The van der Waals surface area contributed by atoms with Crippen molar-refractivity contribution in [2.45, 2.75) is 26.5 Å². The number of halogens is 1. The second-order valence-corrected chi connectivity index (χ2v) is 6.48. The fraction of sp³-hybridized carbons (Fsp3) is 0.200. The molecule has 1 atom stereocenters. The molecule has 3 rings (SSSR count). The number of hydrogen-bond donors (Lipinski definition) is 1. The molecule has 0 radical (unpaired) electrons. The second-order valence-electron chi connectivity index (χ2n) is 6.04. The average molecular weight is 372 g/mol. The number of carbonyl (C=O) groups is 2. The van der Waals surface area contributed by atoms with E-state index in [1.54, 1.807) is 24.3 Å². The molecular formula is C20H18ClNO4. The van der Waals surface area contributed by atoms with Crippen LogP contribution in [0.25, 0.3) is 11.0 Å². The van der Waals surface area contributed by atoms with Crippen LogP contribution in [0.5, 0.6) is 0 Å². The van der Waals surface area contributed by atoms with Gasteiger partial charge in [0.25, 0.3) is 5.91 Å². The van der Waals surface area contributed by atoms with Crippen LogP contribution < -0.4 is 5.32 Å². The summed E-state index contributed by atoms with van der Waals surface area (Å²) in [6.07, 6.45) is -0.940. The van der Waals surface area contributed by atoms with E-state index in [1.807, 2.05) is 31.2 Å². The van der Waals surface area contributed by atoms with E-state index in [4.69, 9.17) is 20.8 Å². The second kappa shape index (κ2) is 7.62. The highest BCUT2D eigenvalue weighted by molar-refractivity contribution is 6.31. The number of esters is 1. The first kappa shape index (κ1) is 18.0. The van der Waals surface area contributed by atoms with Crippen LogP contribution in [-0.4, -0.2) is 18.0 Å². The molecule has 6 heteroatoms. The Kier molecular flexibility index (Phi) is 5.28. The summed E-state index contributed by atoms with van der Waals surface area (Å²) in [4.78, 5) is 24.3. The van der Waals surface area contributed by atoms with Crippen molar-refractivity contribution in [2.24, 2.45) is 0 Å². The zero-order valence-corrected chi connectivity index (χ0v) is 15.2. The summed E-state index contributed by atoms with van der Waals surface area (Å²) >= 11 is 5.92. The van der Waals surface area contributed by atoms with Crippen molar-refractivity contribution in [2.75, 3.05) is 0 Å². The molecular weight excluding hydrogens is 354 g/mol. The maximum absolute atomic E-state index is 12.2. The molecule has 0 aliphatic carbocycles. The molecule has 1 aromatic heterocycles. The zero-order chi connectivity index (χ0) is 18.7. The number of ether oxygens (including phenoxy) is 1. The third-order valence-electron chi connectivity index (χ3n) is 3.92. The average Bonchev–Trinajstić information content (AvgIpc) is 3.04. The molecule has 0 bridgehead atoms. The molecule has 134 valence electrons. The maximum Gasteiger partial charge on any atom is 0.375 e. The number of nitrogens with one attached hydrogen (secondary N) is 1. The van der Waals surface area contributed by atoms with Crippen molar-refractivity contribution >= 4 is 34.4 Å². The smallest absolute Gasteiger partial charge is 0.375 e. The Hall–Kier alpha value is -2.79. The van der Waals surface area contributed by atoms with Gasteiger partial charge < -0.3 is 14.5 Å². The van der Waals surface area contributed by atoms with E-state index < -0.39 is 12.1 Å². The van der Waals surface area contributed by atoms with Gasteiger partial charge in [0.15, 0.2) is 6.10 Å². The molecule has 0 spiro atoms. The van der Waals surface area contributed by atoms with E-state index in [2.05, 4.69) is 5.32 Å². The lowest BCUT2D eigenvalue weighted by Crippen LogP contribution is -2.35. The molecule has 5 nitrogen and oxygen atoms in total. The Morgan fingerprint density at radius 3 is 2.62 bits per heavy atom. The molecule has 0 aliphatic rings. The first-order valence-corrected chi connectivity index (χ1v) is 8.53. The Labute approximate surface area is 155 Å². The van der Waals surface area contributed by atoms with Gasteiger partial charge in [0.1, 0.15) is 5.58 Å². The van der Waals surface area contributed by atoms with Crippen molar-refractivity contribution in [3.63, 3.8) is 0 Å². The van der Waals surface area contributed by atoms with E-state index in [1.165, 1.54) is 6.92 Å². The van der Waals surface area contributed by atoms with E-state index >= 15 is 0 Å². The molecule has 1 N–H and O–H groups in total. The van der Waals surface area contributed by atoms with Crippen LogP contribution in [0.3, 0.4) is 0 Å². The zero-order valence-electron chi connectivity index (χ0n) is 14.4. The molecule has 0 fully saturated rings. The van der Waals surface area contributed by atoms with Gasteiger partial charge in [-0.1, -0.05) is 41.4 Å². The Morgan fingerprint density at radius 2 is 1.88 bits per heavy atom. The SMILES string of the molecule is Cc1ccc(CNC(=O)[C@@H](C)OC(=O)c2cc3cc(Cl)ccc3o2)cc1. The van der Waals surface area contributed by atoms with Crippen molar-refractivity contribution in [1.82, 2.24) is 5.32 Å². The van der Waals surface area contributed by atoms with Gasteiger partial charge in [-0.3, -0.25) is 4.79 Å². The summed E-state index contributed by atoms with van der Waals surface area (Å²) in [7, 11) is 0. The minimum absolute atomic E-state index is 0.0282. The van der Waals surface area contributed by atoms with Crippen molar-refractivity contribution in [3.05, 3.63) is 70.4 Å². The molecule has 0 saturated heterocycles. The molecule has 0 saturated carbocycles. The van der Waals surface area contributed by atoms with Crippen molar-refractivity contribution < 1.29 is 18.7 Å². The van der Waals surface area contributed by atoms with Crippen LogP contribution in [0.4, 0.5) is 0 Å². The van der Waals surface area contributed by atoms with Crippen LogP contribution in [0.1, 0.15) is 28.6 Å².